The Balaban J connectivity index is 2.02. The van der Waals surface area contributed by atoms with Crippen LogP contribution in [0.4, 0.5) is 0 Å². The van der Waals surface area contributed by atoms with E-state index >= 15 is 0 Å². The summed E-state index contributed by atoms with van der Waals surface area (Å²) in [5.74, 6) is 0.823. The molecule has 0 saturated carbocycles. The van der Waals surface area contributed by atoms with Crippen molar-refractivity contribution in [3.63, 3.8) is 0 Å². The fourth-order valence-corrected chi connectivity index (χ4v) is 2.06. The molecule has 0 aromatic heterocycles. The van der Waals surface area contributed by atoms with Crippen LogP contribution in [-0.4, -0.2) is 18.3 Å². The van der Waals surface area contributed by atoms with Crippen molar-refractivity contribution in [2.75, 3.05) is 7.11 Å². The van der Waals surface area contributed by atoms with Crippen molar-refractivity contribution in [2.24, 2.45) is 0 Å². The van der Waals surface area contributed by atoms with Gasteiger partial charge in [0.1, 0.15) is 11.9 Å². The van der Waals surface area contributed by atoms with E-state index in [2.05, 4.69) is 0 Å². The second-order valence-corrected chi connectivity index (χ2v) is 4.73. The highest BCUT2D eigenvalue weighted by atomic mass is 16.5. The Bertz CT molecular complexity index is 506. The van der Waals surface area contributed by atoms with Crippen LogP contribution < -0.4 is 4.74 Å². The smallest absolute Gasteiger partial charge is 0.118 e. The van der Waals surface area contributed by atoms with E-state index < -0.39 is 6.10 Å². The fourth-order valence-electron chi connectivity index (χ4n) is 2.06. The number of ether oxygens (including phenoxy) is 2. The van der Waals surface area contributed by atoms with Gasteiger partial charge < -0.3 is 14.6 Å². The average molecular weight is 272 g/mol. The molecule has 0 saturated heterocycles. The van der Waals surface area contributed by atoms with Crippen molar-refractivity contribution in [3.8, 4) is 5.75 Å². The number of aliphatic hydroxyl groups excluding tert-OH is 1. The molecule has 3 heteroatoms. The Morgan fingerprint density at radius 2 is 1.65 bits per heavy atom. The predicted molar refractivity (Wildman–Crippen MR) is 78.6 cm³/mol. The van der Waals surface area contributed by atoms with Crippen LogP contribution in [0.1, 0.15) is 24.2 Å². The molecule has 106 valence electrons. The van der Waals surface area contributed by atoms with Crippen LogP contribution in [0.25, 0.3) is 0 Å². The van der Waals surface area contributed by atoms with Gasteiger partial charge in [0, 0.05) is 0 Å². The third-order valence-electron chi connectivity index (χ3n) is 3.15. The third kappa shape index (κ3) is 3.83. The molecule has 2 atom stereocenters. The molecule has 0 aliphatic rings. The Kier molecular flexibility index (Phi) is 5.16. The third-order valence-corrected chi connectivity index (χ3v) is 3.15. The summed E-state index contributed by atoms with van der Waals surface area (Å²) >= 11 is 0. The molecule has 2 aromatic carbocycles. The monoisotopic (exact) mass is 272 g/mol. The minimum absolute atomic E-state index is 0.321. The minimum Gasteiger partial charge on any atom is -0.497 e. The van der Waals surface area contributed by atoms with Crippen LogP contribution in [0.15, 0.2) is 54.6 Å². The first-order valence-corrected chi connectivity index (χ1v) is 6.68. The van der Waals surface area contributed by atoms with Gasteiger partial charge in [-0.25, -0.2) is 0 Å². The number of hydrogen-bond acceptors (Lipinski definition) is 3. The standard InChI is InChI=1S/C17H20O3/c1-13(18)17(15-6-4-3-5-7-15)20-12-14-8-10-16(19-2)11-9-14/h3-11,13,17-18H,12H2,1-2H3/t13-,17-/m0/s1. The summed E-state index contributed by atoms with van der Waals surface area (Å²) < 4.78 is 11.0. The zero-order chi connectivity index (χ0) is 14.4. The van der Waals surface area contributed by atoms with Crippen molar-refractivity contribution < 1.29 is 14.6 Å². The lowest BCUT2D eigenvalue weighted by atomic mass is 10.1. The first-order chi connectivity index (χ1) is 9.70. The van der Waals surface area contributed by atoms with Crippen LogP contribution in [0.3, 0.4) is 0 Å². The van der Waals surface area contributed by atoms with Gasteiger partial charge in [-0.3, -0.25) is 0 Å². The summed E-state index contributed by atoms with van der Waals surface area (Å²) in [6, 6.07) is 17.5. The molecule has 2 rings (SSSR count). The summed E-state index contributed by atoms with van der Waals surface area (Å²) in [6.45, 7) is 2.19. The molecule has 0 amide bonds. The number of methoxy groups -OCH3 is 1. The topological polar surface area (TPSA) is 38.7 Å². The quantitative estimate of drug-likeness (QED) is 0.876. The SMILES string of the molecule is COc1ccc(CO[C@H](c2ccccc2)[C@H](C)O)cc1. The maximum absolute atomic E-state index is 9.88. The zero-order valence-electron chi connectivity index (χ0n) is 11.8. The number of benzene rings is 2. The van der Waals surface area contributed by atoms with Gasteiger partial charge in [-0.2, -0.15) is 0 Å². The van der Waals surface area contributed by atoms with E-state index in [1.807, 2.05) is 54.6 Å². The van der Waals surface area contributed by atoms with Gasteiger partial charge in [-0.05, 0) is 30.2 Å². The van der Waals surface area contributed by atoms with Gasteiger partial charge in [0.15, 0.2) is 0 Å². The lowest BCUT2D eigenvalue weighted by molar-refractivity contribution is -0.0401. The molecule has 0 unspecified atom stereocenters. The maximum Gasteiger partial charge on any atom is 0.118 e. The first-order valence-electron chi connectivity index (χ1n) is 6.68. The zero-order valence-corrected chi connectivity index (χ0v) is 11.8. The van der Waals surface area contributed by atoms with Crippen molar-refractivity contribution >= 4 is 0 Å². The highest BCUT2D eigenvalue weighted by Crippen LogP contribution is 2.23. The molecular weight excluding hydrogens is 252 g/mol. The molecule has 0 fully saturated rings. The predicted octanol–water partition coefficient (Wildman–Crippen LogP) is 3.33. The Morgan fingerprint density at radius 3 is 2.20 bits per heavy atom. The summed E-state index contributed by atoms with van der Waals surface area (Å²) in [7, 11) is 1.64. The normalized spacial score (nSPS) is 13.8. The van der Waals surface area contributed by atoms with Crippen LogP contribution >= 0.6 is 0 Å². The van der Waals surface area contributed by atoms with Crippen LogP contribution in [0, 0.1) is 0 Å². The average Bonchev–Trinajstić information content (AvgIpc) is 2.49. The van der Waals surface area contributed by atoms with Crippen molar-refractivity contribution in [1.82, 2.24) is 0 Å². The van der Waals surface area contributed by atoms with Crippen LogP contribution in [0.5, 0.6) is 5.75 Å². The molecular formula is C17H20O3. The van der Waals surface area contributed by atoms with Gasteiger partial charge in [-0.1, -0.05) is 42.5 Å². The van der Waals surface area contributed by atoms with Crippen molar-refractivity contribution in [3.05, 3.63) is 65.7 Å². The summed E-state index contributed by atoms with van der Waals surface area (Å²) in [6.07, 6.45) is -0.881. The summed E-state index contributed by atoms with van der Waals surface area (Å²) in [4.78, 5) is 0. The highest BCUT2D eigenvalue weighted by molar-refractivity contribution is 5.27. The van der Waals surface area contributed by atoms with Gasteiger partial charge in [0.05, 0.1) is 19.8 Å². The van der Waals surface area contributed by atoms with E-state index in [0.717, 1.165) is 16.9 Å². The number of rotatable bonds is 6. The molecule has 0 aliphatic heterocycles. The van der Waals surface area contributed by atoms with E-state index in [9.17, 15) is 5.11 Å². The summed E-state index contributed by atoms with van der Waals surface area (Å²) in [5.41, 5.74) is 2.03. The molecule has 1 N–H and O–H groups in total. The molecule has 0 spiro atoms. The maximum atomic E-state index is 9.88. The molecule has 0 aliphatic carbocycles. The number of aliphatic hydroxyl groups is 1. The van der Waals surface area contributed by atoms with Gasteiger partial charge in [-0.15, -0.1) is 0 Å². The largest absolute Gasteiger partial charge is 0.497 e. The second-order valence-electron chi connectivity index (χ2n) is 4.73. The molecule has 0 radical (unpaired) electrons. The van der Waals surface area contributed by atoms with E-state index in [1.54, 1.807) is 14.0 Å². The van der Waals surface area contributed by atoms with E-state index in [4.69, 9.17) is 9.47 Å². The van der Waals surface area contributed by atoms with E-state index in [1.165, 1.54) is 0 Å². The fraction of sp³-hybridized carbons (Fsp3) is 0.294. The second kappa shape index (κ2) is 7.08. The Hall–Kier alpha value is -1.84. The lowest BCUT2D eigenvalue weighted by Gasteiger charge is -2.21. The molecule has 20 heavy (non-hydrogen) atoms. The van der Waals surface area contributed by atoms with Crippen molar-refractivity contribution in [1.29, 1.82) is 0 Å². The van der Waals surface area contributed by atoms with Crippen molar-refractivity contribution in [2.45, 2.75) is 25.7 Å². The Morgan fingerprint density at radius 1 is 1.00 bits per heavy atom. The van der Waals surface area contributed by atoms with E-state index in [-0.39, 0.29) is 6.10 Å². The van der Waals surface area contributed by atoms with Gasteiger partial charge >= 0.3 is 0 Å². The van der Waals surface area contributed by atoms with Gasteiger partial charge in [0.25, 0.3) is 0 Å². The molecule has 0 heterocycles. The molecule has 3 nitrogen and oxygen atoms in total. The van der Waals surface area contributed by atoms with Gasteiger partial charge in [0.2, 0.25) is 0 Å². The minimum atomic E-state index is -0.560. The summed E-state index contributed by atoms with van der Waals surface area (Å²) in [5, 5.41) is 9.88. The lowest BCUT2D eigenvalue weighted by Crippen LogP contribution is -2.17. The molecule has 2 aromatic rings. The highest BCUT2D eigenvalue weighted by Gasteiger charge is 2.17. The van der Waals surface area contributed by atoms with E-state index in [0.29, 0.717) is 6.61 Å². The first kappa shape index (κ1) is 14.6. The molecule has 0 bridgehead atoms. The Labute approximate surface area is 119 Å². The van der Waals surface area contributed by atoms with Crippen LogP contribution in [-0.2, 0) is 11.3 Å². The van der Waals surface area contributed by atoms with Crippen LogP contribution in [0.2, 0.25) is 0 Å². The number of hydrogen-bond donors (Lipinski definition) is 1.